The van der Waals surface area contributed by atoms with Gasteiger partial charge in [0.15, 0.2) is 0 Å². The molecule has 1 aliphatic heterocycles. The average molecular weight is 413 g/mol. The summed E-state index contributed by atoms with van der Waals surface area (Å²) in [5, 5.41) is 11.6. The first-order chi connectivity index (χ1) is 15.0. The summed E-state index contributed by atoms with van der Waals surface area (Å²) in [5.41, 5.74) is 4.18. The first-order valence-electron chi connectivity index (χ1n) is 10.0. The third kappa shape index (κ3) is 4.46. The molecule has 0 radical (unpaired) electrons. The second-order valence-corrected chi connectivity index (χ2v) is 7.40. The van der Waals surface area contributed by atoms with Gasteiger partial charge >= 0.3 is 0 Å². The monoisotopic (exact) mass is 413 g/mol. The Morgan fingerprint density at radius 1 is 1.00 bits per heavy atom. The molecule has 0 unspecified atom stereocenters. The summed E-state index contributed by atoms with van der Waals surface area (Å²) in [4.78, 5) is 27.3. The molecule has 154 valence electrons. The van der Waals surface area contributed by atoms with Gasteiger partial charge in [0, 0.05) is 29.0 Å². The fourth-order valence-electron chi connectivity index (χ4n) is 3.70. The number of amides is 2. The Balaban J connectivity index is 1.52. The molecule has 3 aromatic carbocycles. The predicted molar refractivity (Wildman–Crippen MR) is 117 cm³/mol. The number of hydrogen-bond donors (Lipinski definition) is 1. The molecule has 1 N–H and O–H groups in total. The van der Waals surface area contributed by atoms with Crippen LogP contribution in [0.5, 0.6) is 0 Å². The summed E-state index contributed by atoms with van der Waals surface area (Å²) in [7, 11) is 0. The highest BCUT2D eigenvalue weighted by Gasteiger charge is 2.24. The number of anilines is 2. The van der Waals surface area contributed by atoms with Gasteiger partial charge in [0.25, 0.3) is 11.8 Å². The zero-order valence-corrected chi connectivity index (χ0v) is 16.8. The molecule has 0 fully saturated rings. The Bertz CT molecular complexity index is 1160. The largest absolute Gasteiger partial charge is 0.322 e. The minimum absolute atomic E-state index is 0.185. The number of rotatable bonds is 4. The van der Waals surface area contributed by atoms with Crippen LogP contribution in [-0.4, -0.2) is 18.4 Å². The Morgan fingerprint density at radius 3 is 2.42 bits per heavy atom. The van der Waals surface area contributed by atoms with Crippen molar-refractivity contribution in [2.45, 2.75) is 19.3 Å². The molecule has 6 heteroatoms. The van der Waals surface area contributed by atoms with Crippen LogP contribution in [0.25, 0.3) is 0 Å². The van der Waals surface area contributed by atoms with Crippen molar-refractivity contribution >= 4 is 23.2 Å². The normalized spacial score (nSPS) is 12.6. The maximum atomic E-state index is 13.2. The molecule has 0 atom stereocenters. The van der Waals surface area contributed by atoms with Gasteiger partial charge in [-0.15, -0.1) is 0 Å². The summed E-state index contributed by atoms with van der Waals surface area (Å²) in [6, 6.07) is 20.1. The third-order valence-corrected chi connectivity index (χ3v) is 5.29. The van der Waals surface area contributed by atoms with Gasteiger partial charge in [-0.3, -0.25) is 9.59 Å². The molecular weight excluding hydrogens is 393 g/mol. The number of nitriles is 1. The van der Waals surface area contributed by atoms with E-state index in [0.29, 0.717) is 29.8 Å². The summed E-state index contributed by atoms with van der Waals surface area (Å²) in [6.45, 7) is 0.573. The standard InChI is InChI=1S/C25H20FN3O2/c26-21-8-5-18(6-9-21)25(31)29-15-1-2-19-16-20(7-12-23(19)29)24(30)28-22-10-3-17(4-11-22)13-14-27/h3-12,16H,1-2,13,15H2,(H,28,30). The molecule has 0 aromatic heterocycles. The fraction of sp³-hybridized carbons (Fsp3) is 0.160. The molecule has 0 saturated carbocycles. The van der Waals surface area contributed by atoms with Crippen LogP contribution in [0.4, 0.5) is 15.8 Å². The Hall–Kier alpha value is -3.98. The van der Waals surface area contributed by atoms with Crippen molar-refractivity contribution in [3.8, 4) is 6.07 Å². The summed E-state index contributed by atoms with van der Waals surface area (Å²) >= 11 is 0. The number of fused-ring (bicyclic) bond motifs is 1. The number of carbonyl (C=O) groups excluding carboxylic acids is 2. The number of aryl methyl sites for hydroxylation is 1. The first-order valence-corrected chi connectivity index (χ1v) is 10.0. The highest BCUT2D eigenvalue weighted by molar-refractivity contribution is 6.08. The predicted octanol–water partition coefficient (Wildman–Crippen LogP) is 4.74. The van der Waals surface area contributed by atoms with E-state index in [9.17, 15) is 14.0 Å². The van der Waals surface area contributed by atoms with Crippen molar-refractivity contribution in [3.05, 3.63) is 94.8 Å². The van der Waals surface area contributed by atoms with Gasteiger partial charge in [-0.1, -0.05) is 12.1 Å². The number of halogens is 1. The van der Waals surface area contributed by atoms with Gasteiger partial charge in [-0.2, -0.15) is 5.26 Å². The lowest BCUT2D eigenvalue weighted by Crippen LogP contribution is -2.35. The van der Waals surface area contributed by atoms with Crippen LogP contribution in [0, 0.1) is 17.1 Å². The molecule has 31 heavy (non-hydrogen) atoms. The first kappa shape index (κ1) is 20.3. The smallest absolute Gasteiger partial charge is 0.258 e. The molecule has 2 amide bonds. The topological polar surface area (TPSA) is 73.2 Å². The van der Waals surface area contributed by atoms with E-state index in [-0.39, 0.29) is 17.6 Å². The molecule has 5 nitrogen and oxygen atoms in total. The van der Waals surface area contributed by atoms with Gasteiger partial charge in [-0.05, 0) is 78.6 Å². The van der Waals surface area contributed by atoms with Crippen LogP contribution >= 0.6 is 0 Å². The van der Waals surface area contributed by atoms with Crippen LogP contribution in [-0.2, 0) is 12.8 Å². The molecule has 3 aromatic rings. The highest BCUT2D eigenvalue weighted by atomic mass is 19.1. The van der Waals surface area contributed by atoms with Crippen molar-refractivity contribution in [1.82, 2.24) is 0 Å². The van der Waals surface area contributed by atoms with E-state index in [1.807, 2.05) is 18.2 Å². The van der Waals surface area contributed by atoms with E-state index < -0.39 is 0 Å². The van der Waals surface area contributed by atoms with Crippen LogP contribution in [0.3, 0.4) is 0 Å². The van der Waals surface area contributed by atoms with Crippen molar-refractivity contribution < 1.29 is 14.0 Å². The molecule has 1 aliphatic rings. The summed E-state index contributed by atoms with van der Waals surface area (Å²) < 4.78 is 13.2. The van der Waals surface area contributed by atoms with Crippen molar-refractivity contribution in [3.63, 3.8) is 0 Å². The number of nitrogens with one attached hydrogen (secondary N) is 1. The lowest BCUT2D eigenvalue weighted by Gasteiger charge is -2.30. The maximum Gasteiger partial charge on any atom is 0.258 e. The van der Waals surface area contributed by atoms with Crippen LogP contribution < -0.4 is 10.2 Å². The number of carbonyl (C=O) groups is 2. The lowest BCUT2D eigenvalue weighted by atomic mass is 9.98. The van der Waals surface area contributed by atoms with E-state index in [0.717, 1.165) is 29.7 Å². The van der Waals surface area contributed by atoms with Crippen LogP contribution in [0.1, 0.15) is 38.3 Å². The van der Waals surface area contributed by atoms with Crippen LogP contribution in [0.15, 0.2) is 66.7 Å². The van der Waals surface area contributed by atoms with Crippen molar-refractivity contribution in [2.24, 2.45) is 0 Å². The van der Waals surface area contributed by atoms with Gasteiger partial charge in [0.05, 0.1) is 12.5 Å². The molecular formula is C25H20FN3O2. The van der Waals surface area contributed by atoms with E-state index in [2.05, 4.69) is 11.4 Å². The van der Waals surface area contributed by atoms with E-state index in [1.165, 1.54) is 24.3 Å². The minimum atomic E-state index is -0.383. The summed E-state index contributed by atoms with van der Waals surface area (Å²) in [5.74, 6) is -0.806. The fourth-order valence-corrected chi connectivity index (χ4v) is 3.70. The van der Waals surface area contributed by atoms with Gasteiger partial charge in [0.1, 0.15) is 5.82 Å². The van der Waals surface area contributed by atoms with Crippen LogP contribution in [0.2, 0.25) is 0 Å². The Labute approximate surface area is 179 Å². The molecule has 4 rings (SSSR count). The van der Waals surface area contributed by atoms with E-state index >= 15 is 0 Å². The Morgan fingerprint density at radius 2 is 1.71 bits per heavy atom. The zero-order valence-electron chi connectivity index (χ0n) is 16.8. The average Bonchev–Trinajstić information content (AvgIpc) is 2.80. The second-order valence-electron chi connectivity index (χ2n) is 7.40. The highest BCUT2D eigenvalue weighted by Crippen LogP contribution is 2.30. The quantitative estimate of drug-likeness (QED) is 0.672. The molecule has 0 bridgehead atoms. The molecule has 0 saturated heterocycles. The molecule has 0 spiro atoms. The van der Waals surface area contributed by atoms with Gasteiger partial charge < -0.3 is 10.2 Å². The van der Waals surface area contributed by atoms with E-state index in [4.69, 9.17) is 5.26 Å². The minimum Gasteiger partial charge on any atom is -0.322 e. The van der Waals surface area contributed by atoms with E-state index in [1.54, 1.807) is 29.2 Å². The number of benzene rings is 3. The SMILES string of the molecule is N#CCc1ccc(NC(=O)c2ccc3c(c2)CCCN3C(=O)c2ccc(F)cc2)cc1. The third-order valence-electron chi connectivity index (χ3n) is 5.29. The Kier molecular flexibility index (Phi) is 5.76. The van der Waals surface area contributed by atoms with Crippen molar-refractivity contribution in [1.29, 1.82) is 5.26 Å². The van der Waals surface area contributed by atoms with Crippen molar-refractivity contribution in [2.75, 3.05) is 16.8 Å². The number of hydrogen-bond acceptors (Lipinski definition) is 3. The zero-order chi connectivity index (χ0) is 21.8. The molecule has 1 heterocycles. The number of nitrogens with zero attached hydrogens (tertiary/aromatic N) is 2. The van der Waals surface area contributed by atoms with Gasteiger partial charge in [-0.25, -0.2) is 4.39 Å². The maximum absolute atomic E-state index is 13.2. The molecule has 0 aliphatic carbocycles. The summed E-state index contributed by atoms with van der Waals surface area (Å²) in [6.07, 6.45) is 1.88. The van der Waals surface area contributed by atoms with Gasteiger partial charge in [0.2, 0.25) is 0 Å². The lowest BCUT2D eigenvalue weighted by molar-refractivity contribution is 0.0984. The second kappa shape index (κ2) is 8.80.